The van der Waals surface area contributed by atoms with Crippen molar-refractivity contribution in [1.29, 1.82) is 0 Å². The predicted octanol–water partition coefficient (Wildman–Crippen LogP) is 4.46. The molecule has 0 unspecified atom stereocenters. The summed E-state index contributed by atoms with van der Waals surface area (Å²) in [6.07, 6.45) is 0. The molecule has 20 heavy (non-hydrogen) atoms. The highest BCUT2D eigenvalue weighted by Crippen LogP contribution is 2.34. The first-order chi connectivity index (χ1) is 9.59. The molecule has 0 spiro atoms. The normalized spacial score (nSPS) is 18.4. The molecule has 0 atom stereocenters. The van der Waals surface area contributed by atoms with Gasteiger partial charge in [-0.25, -0.2) is 4.98 Å². The van der Waals surface area contributed by atoms with Crippen molar-refractivity contribution < 1.29 is 0 Å². The van der Waals surface area contributed by atoms with Crippen LogP contribution in [0.1, 0.15) is 19.4 Å². The molecule has 4 heteroatoms. The van der Waals surface area contributed by atoms with Crippen LogP contribution in [0.15, 0.2) is 30.3 Å². The van der Waals surface area contributed by atoms with Crippen molar-refractivity contribution in [2.75, 3.05) is 23.7 Å². The first kappa shape index (κ1) is 14.2. The van der Waals surface area contributed by atoms with Gasteiger partial charge in [0.2, 0.25) is 0 Å². The lowest BCUT2D eigenvalue weighted by Gasteiger charge is -2.39. The van der Waals surface area contributed by atoms with E-state index in [4.69, 9.17) is 4.98 Å². The van der Waals surface area contributed by atoms with E-state index < -0.39 is 0 Å². The van der Waals surface area contributed by atoms with Gasteiger partial charge in [0, 0.05) is 39.9 Å². The number of halogens is 1. The van der Waals surface area contributed by atoms with Crippen molar-refractivity contribution in [3.63, 3.8) is 0 Å². The highest BCUT2D eigenvalue weighted by molar-refractivity contribution is 9.08. The van der Waals surface area contributed by atoms with E-state index in [0.717, 1.165) is 29.8 Å². The van der Waals surface area contributed by atoms with Crippen LogP contribution in [0, 0.1) is 0 Å². The number of benzene rings is 1. The van der Waals surface area contributed by atoms with E-state index in [1.165, 1.54) is 16.7 Å². The Labute approximate surface area is 133 Å². The van der Waals surface area contributed by atoms with Crippen LogP contribution in [0.3, 0.4) is 0 Å². The summed E-state index contributed by atoms with van der Waals surface area (Å²) in [5.41, 5.74) is 2.37. The Morgan fingerprint density at radius 2 is 2.15 bits per heavy atom. The first-order valence-electron chi connectivity index (χ1n) is 6.93. The highest BCUT2D eigenvalue weighted by Gasteiger charge is 2.28. The number of alkyl halides is 1. The van der Waals surface area contributed by atoms with Gasteiger partial charge < -0.3 is 4.90 Å². The number of pyridine rings is 1. The van der Waals surface area contributed by atoms with Crippen molar-refractivity contribution in [2.45, 2.75) is 23.9 Å². The van der Waals surface area contributed by atoms with E-state index in [2.05, 4.69) is 76.8 Å². The van der Waals surface area contributed by atoms with E-state index in [1.54, 1.807) is 0 Å². The van der Waals surface area contributed by atoms with Crippen molar-refractivity contribution in [3.05, 3.63) is 35.9 Å². The molecule has 1 aliphatic rings. The SMILES string of the molecule is CC1(C)CN(c2nc3ccccc3cc2CBr)CCS1. The third-order valence-electron chi connectivity index (χ3n) is 3.65. The molecule has 1 fully saturated rings. The Kier molecular flexibility index (Phi) is 3.95. The number of aromatic nitrogens is 1. The fraction of sp³-hybridized carbons (Fsp3) is 0.438. The standard InChI is InChI=1S/C16H19BrN2S/c1-16(2)11-19(7-8-20-16)15-13(10-17)9-12-5-3-4-6-14(12)18-15/h3-6,9H,7-8,10-11H2,1-2H3. The number of hydrogen-bond acceptors (Lipinski definition) is 3. The zero-order chi connectivity index (χ0) is 14.2. The monoisotopic (exact) mass is 350 g/mol. The molecule has 0 bridgehead atoms. The molecule has 2 aromatic rings. The Balaban J connectivity index is 2.05. The maximum Gasteiger partial charge on any atom is 0.133 e. The van der Waals surface area contributed by atoms with Crippen LogP contribution in [0.2, 0.25) is 0 Å². The van der Waals surface area contributed by atoms with Crippen LogP contribution >= 0.6 is 27.7 Å². The van der Waals surface area contributed by atoms with Gasteiger partial charge in [0.15, 0.2) is 0 Å². The number of rotatable bonds is 2. The molecule has 0 radical (unpaired) electrons. The molecule has 0 aliphatic carbocycles. The molecule has 2 heterocycles. The van der Waals surface area contributed by atoms with Crippen LogP contribution in [0.25, 0.3) is 10.9 Å². The summed E-state index contributed by atoms with van der Waals surface area (Å²) < 4.78 is 0.301. The molecule has 0 saturated carbocycles. The number of anilines is 1. The first-order valence-corrected chi connectivity index (χ1v) is 9.03. The van der Waals surface area contributed by atoms with E-state index in [0.29, 0.717) is 4.75 Å². The summed E-state index contributed by atoms with van der Waals surface area (Å²) in [6, 6.07) is 10.6. The average Bonchev–Trinajstić information content (AvgIpc) is 2.44. The number of para-hydroxylation sites is 1. The van der Waals surface area contributed by atoms with Gasteiger partial charge in [-0.3, -0.25) is 0 Å². The summed E-state index contributed by atoms with van der Waals surface area (Å²) in [7, 11) is 0. The molecule has 1 aromatic heterocycles. The molecule has 106 valence electrons. The second-order valence-corrected chi connectivity index (χ2v) is 8.19. The second-order valence-electron chi connectivity index (χ2n) is 5.83. The van der Waals surface area contributed by atoms with Crippen LogP contribution in [-0.4, -0.2) is 28.6 Å². The van der Waals surface area contributed by atoms with Gasteiger partial charge in [-0.15, -0.1) is 0 Å². The van der Waals surface area contributed by atoms with E-state index in [1.807, 2.05) is 0 Å². The summed E-state index contributed by atoms with van der Waals surface area (Å²) in [6.45, 7) is 6.78. The lowest BCUT2D eigenvalue weighted by molar-refractivity contribution is 0.642. The molecule has 1 aliphatic heterocycles. The maximum atomic E-state index is 4.92. The van der Waals surface area contributed by atoms with E-state index in [9.17, 15) is 0 Å². The zero-order valence-corrected chi connectivity index (χ0v) is 14.3. The quantitative estimate of drug-likeness (QED) is 0.743. The minimum absolute atomic E-state index is 0.301. The molecule has 0 N–H and O–H groups in total. The topological polar surface area (TPSA) is 16.1 Å². The molecular formula is C16H19BrN2S. The minimum Gasteiger partial charge on any atom is -0.354 e. The van der Waals surface area contributed by atoms with Gasteiger partial charge in [0.05, 0.1) is 5.52 Å². The van der Waals surface area contributed by atoms with Crippen LogP contribution in [0.4, 0.5) is 5.82 Å². The smallest absolute Gasteiger partial charge is 0.133 e. The molecular weight excluding hydrogens is 332 g/mol. The van der Waals surface area contributed by atoms with Gasteiger partial charge in [0.1, 0.15) is 5.82 Å². The second kappa shape index (κ2) is 5.57. The third kappa shape index (κ3) is 2.82. The maximum absolute atomic E-state index is 4.92. The van der Waals surface area contributed by atoms with Crippen molar-refractivity contribution in [1.82, 2.24) is 4.98 Å². The van der Waals surface area contributed by atoms with Gasteiger partial charge in [-0.2, -0.15) is 11.8 Å². The molecule has 1 saturated heterocycles. The fourth-order valence-corrected chi connectivity index (χ4v) is 4.24. The Morgan fingerprint density at radius 1 is 1.35 bits per heavy atom. The average molecular weight is 351 g/mol. The summed E-state index contributed by atoms with van der Waals surface area (Å²) in [5.74, 6) is 2.32. The van der Waals surface area contributed by atoms with E-state index >= 15 is 0 Å². The summed E-state index contributed by atoms with van der Waals surface area (Å²) >= 11 is 5.67. The van der Waals surface area contributed by atoms with Gasteiger partial charge in [0.25, 0.3) is 0 Å². The van der Waals surface area contributed by atoms with Gasteiger partial charge in [-0.1, -0.05) is 34.1 Å². The summed E-state index contributed by atoms with van der Waals surface area (Å²) in [5, 5.41) is 2.07. The third-order valence-corrected chi connectivity index (χ3v) is 5.55. The zero-order valence-electron chi connectivity index (χ0n) is 11.9. The number of thioether (sulfide) groups is 1. The molecule has 1 aromatic carbocycles. The van der Waals surface area contributed by atoms with Crippen LogP contribution in [-0.2, 0) is 5.33 Å². The van der Waals surface area contributed by atoms with Crippen molar-refractivity contribution in [2.24, 2.45) is 0 Å². The van der Waals surface area contributed by atoms with Crippen molar-refractivity contribution >= 4 is 44.4 Å². The number of nitrogens with zero attached hydrogens (tertiary/aromatic N) is 2. The van der Waals surface area contributed by atoms with Crippen molar-refractivity contribution in [3.8, 4) is 0 Å². The van der Waals surface area contributed by atoms with Crippen LogP contribution < -0.4 is 4.90 Å². The van der Waals surface area contributed by atoms with Gasteiger partial charge >= 0.3 is 0 Å². The molecule has 3 rings (SSSR count). The molecule has 2 nitrogen and oxygen atoms in total. The summed E-state index contributed by atoms with van der Waals surface area (Å²) in [4.78, 5) is 7.37. The largest absolute Gasteiger partial charge is 0.354 e. The number of hydrogen-bond donors (Lipinski definition) is 0. The van der Waals surface area contributed by atoms with Gasteiger partial charge in [-0.05, 0) is 26.0 Å². The minimum atomic E-state index is 0.301. The molecule has 0 amide bonds. The van der Waals surface area contributed by atoms with E-state index in [-0.39, 0.29) is 0 Å². The van der Waals surface area contributed by atoms with Crippen LogP contribution in [0.5, 0.6) is 0 Å². The highest BCUT2D eigenvalue weighted by atomic mass is 79.9. The number of fused-ring (bicyclic) bond motifs is 1. The Morgan fingerprint density at radius 3 is 2.90 bits per heavy atom. The lowest BCUT2D eigenvalue weighted by Crippen LogP contribution is -2.43. The Bertz CT molecular complexity index is 627. The lowest BCUT2D eigenvalue weighted by atomic mass is 10.1. The fourth-order valence-electron chi connectivity index (χ4n) is 2.72. The predicted molar refractivity (Wildman–Crippen MR) is 93.1 cm³/mol. The Hall–Kier alpha value is -0.740.